The van der Waals surface area contributed by atoms with E-state index in [4.69, 9.17) is 28.4 Å². The van der Waals surface area contributed by atoms with Gasteiger partial charge in [0.05, 0.1) is 38.6 Å². The zero-order valence-corrected chi connectivity index (χ0v) is 55.4. The van der Waals surface area contributed by atoms with Crippen LogP contribution < -0.4 is 5.32 Å². The molecular formula is C70H131NO18. The molecule has 0 aromatic heterocycles. The summed E-state index contributed by atoms with van der Waals surface area (Å²) in [7, 11) is 0. The summed E-state index contributed by atoms with van der Waals surface area (Å²) in [5, 5.41) is 120. The molecule has 89 heavy (non-hydrogen) atoms. The van der Waals surface area contributed by atoms with Gasteiger partial charge in [0.1, 0.15) is 73.2 Å². The zero-order chi connectivity index (χ0) is 64.7. The Morgan fingerprint density at radius 3 is 1.09 bits per heavy atom. The largest absolute Gasteiger partial charge is 0.394 e. The van der Waals surface area contributed by atoms with E-state index in [1.807, 2.05) is 6.08 Å². The Morgan fingerprint density at radius 2 is 0.708 bits per heavy atom. The number of hydrogen-bond acceptors (Lipinski definition) is 18. The highest BCUT2D eigenvalue weighted by molar-refractivity contribution is 5.76. The topological polar surface area (TPSA) is 307 Å². The van der Waals surface area contributed by atoms with Crippen LogP contribution >= 0.6 is 0 Å². The Kier molecular flexibility index (Phi) is 48.1. The van der Waals surface area contributed by atoms with Gasteiger partial charge in [-0.2, -0.15) is 0 Å². The summed E-state index contributed by atoms with van der Waals surface area (Å²) >= 11 is 0. The van der Waals surface area contributed by atoms with Crippen molar-refractivity contribution in [3.8, 4) is 0 Å². The van der Waals surface area contributed by atoms with Gasteiger partial charge in [-0.1, -0.05) is 256 Å². The van der Waals surface area contributed by atoms with Crippen LogP contribution in [0.25, 0.3) is 0 Å². The molecule has 3 saturated heterocycles. The monoisotopic (exact) mass is 1270 g/mol. The van der Waals surface area contributed by atoms with Gasteiger partial charge >= 0.3 is 0 Å². The predicted octanol–water partition coefficient (Wildman–Crippen LogP) is 9.83. The molecule has 0 aromatic carbocycles. The van der Waals surface area contributed by atoms with Crippen molar-refractivity contribution in [1.29, 1.82) is 0 Å². The van der Waals surface area contributed by atoms with Crippen molar-refractivity contribution < 1.29 is 89.4 Å². The normalized spacial score (nSPS) is 28.3. The number of carbonyl (C=O) groups is 1. The number of hydrogen-bond donors (Lipinski definition) is 12. The zero-order valence-electron chi connectivity index (χ0n) is 55.4. The van der Waals surface area contributed by atoms with Gasteiger partial charge in [0, 0.05) is 6.42 Å². The van der Waals surface area contributed by atoms with Gasteiger partial charge in [0.2, 0.25) is 5.91 Å². The number of nitrogens with one attached hydrogen (secondary N) is 1. The fourth-order valence-corrected chi connectivity index (χ4v) is 12.4. The van der Waals surface area contributed by atoms with Gasteiger partial charge in [0.15, 0.2) is 18.9 Å². The summed E-state index contributed by atoms with van der Waals surface area (Å²) in [5.74, 6) is -0.272. The lowest BCUT2D eigenvalue weighted by atomic mass is 9.96. The molecule has 19 heteroatoms. The molecular weight excluding hydrogens is 1140 g/mol. The van der Waals surface area contributed by atoms with Crippen molar-refractivity contribution in [2.24, 2.45) is 0 Å². The maximum absolute atomic E-state index is 13.4. The molecule has 0 spiro atoms. The molecule has 3 aliphatic heterocycles. The summed E-state index contributed by atoms with van der Waals surface area (Å²) in [6, 6.07) is -0.969. The lowest BCUT2D eigenvalue weighted by molar-refractivity contribution is -0.379. The molecule has 12 N–H and O–H groups in total. The van der Waals surface area contributed by atoms with Crippen molar-refractivity contribution in [2.75, 3.05) is 26.4 Å². The Balaban J connectivity index is 1.32. The Hall–Kier alpha value is -1.73. The van der Waals surface area contributed by atoms with Crippen molar-refractivity contribution in [1.82, 2.24) is 5.32 Å². The summed E-state index contributed by atoms with van der Waals surface area (Å²) in [5.41, 5.74) is 0. The Morgan fingerprint density at radius 1 is 0.393 bits per heavy atom. The van der Waals surface area contributed by atoms with E-state index in [1.165, 1.54) is 212 Å². The summed E-state index contributed by atoms with van der Waals surface area (Å²) in [4.78, 5) is 13.4. The molecule has 3 aliphatic rings. The summed E-state index contributed by atoms with van der Waals surface area (Å²) < 4.78 is 34.3. The van der Waals surface area contributed by atoms with E-state index < -0.39 is 124 Å². The minimum atomic E-state index is -1.98. The minimum absolute atomic E-state index is 0.248. The Labute approximate surface area is 537 Å². The molecule has 524 valence electrons. The average Bonchev–Trinajstić information content (AvgIpc) is 1.33. The van der Waals surface area contributed by atoms with Gasteiger partial charge < -0.3 is 89.9 Å². The van der Waals surface area contributed by atoms with E-state index in [1.54, 1.807) is 6.08 Å². The van der Waals surface area contributed by atoms with Crippen LogP contribution in [0.4, 0.5) is 0 Å². The first-order valence-corrected chi connectivity index (χ1v) is 36.1. The van der Waals surface area contributed by atoms with Gasteiger partial charge in [-0.3, -0.25) is 4.79 Å². The van der Waals surface area contributed by atoms with E-state index in [2.05, 4.69) is 31.3 Å². The minimum Gasteiger partial charge on any atom is -0.394 e. The van der Waals surface area contributed by atoms with E-state index in [0.29, 0.717) is 6.42 Å². The first kappa shape index (κ1) is 81.5. The average molecular weight is 1270 g/mol. The number of amides is 1. The van der Waals surface area contributed by atoms with E-state index >= 15 is 0 Å². The molecule has 17 unspecified atom stereocenters. The highest BCUT2D eigenvalue weighted by Gasteiger charge is 2.53. The first-order valence-electron chi connectivity index (χ1n) is 36.1. The highest BCUT2D eigenvalue weighted by atomic mass is 16.8. The third-order valence-electron chi connectivity index (χ3n) is 18.2. The third kappa shape index (κ3) is 34.5. The van der Waals surface area contributed by atoms with E-state index in [-0.39, 0.29) is 18.9 Å². The molecule has 0 bridgehead atoms. The predicted molar refractivity (Wildman–Crippen MR) is 346 cm³/mol. The maximum atomic E-state index is 13.4. The molecule has 17 atom stereocenters. The molecule has 3 fully saturated rings. The summed E-state index contributed by atoms with van der Waals surface area (Å²) in [6.45, 7) is 1.73. The molecule has 0 aliphatic carbocycles. The van der Waals surface area contributed by atoms with Crippen LogP contribution in [0.5, 0.6) is 0 Å². The van der Waals surface area contributed by atoms with E-state index in [0.717, 1.165) is 44.9 Å². The fourth-order valence-electron chi connectivity index (χ4n) is 12.4. The van der Waals surface area contributed by atoms with Gasteiger partial charge in [-0.15, -0.1) is 0 Å². The lowest BCUT2D eigenvalue weighted by Crippen LogP contribution is -2.66. The standard InChI is InChI=1S/C70H131NO18/c1-3-5-7-9-11-13-15-16-17-18-19-20-21-22-23-24-25-26-27-28-29-30-31-32-33-34-35-36-38-40-42-44-46-48-58(76)71-53(54(75)47-45-43-41-39-37-14-12-10-8-6-4-2)52-84-68-64(82)61(79)66(56(50-73)86-68)89-70-65(83)62(80)67(57(51-74)87-70)88-69-63(81)60(78)59(77)55(49-72)85-69/h18-19,45,47,53-57,59-70,72-75,77-83H,3-17,20-44,46,48-52H2,1-2H3,(H,71,76)/b19-18-,47-45+. The quantitative estimate of drug-likeness (QED) is 0.0199. The fraction of sp³-hybridized carbons (Fsp3) is 0.929. The van der Waals surface area contributed by atoms with Crippen LogP contribution in [-0.4, -0.2) is 193 Å². The van der Waals surface area contributed by atoms with Gasteiger partial charge in [0.25, 0.3) is 0 Å². The van der Waals surface area contributed by atoms with Crippen LogP contribution in [0.15, 0.2) is 24.3 Å². The SMILES string of the molecule is CCCCCCCCCC/C=C\CCCCCCCCCCCCCCCCCCCCCCCC(=O)NC(COC1OC(CO)C(OC2OC(CO)C(OC3OC(CO)C(O)C(O)C3O)C(O)C2O)C(O)C1O)C(O)/C=C/CCCCCCCCCCC. The molecule has 1 amide bonds. The van der Waals surface area contributed by atoms with Crippen molar-refractivity contribution >= 4 is 5.91 Å². The number of carbonyl (C=O) groups excluding carboxylic acids is 1. The van der Waals surface area contributed by atoms with Crippen molar-refractivity contribution in [2.45, 2.75) is 388 Å². The number of rotatable bonds is 56. The first-order chi connectivity index (χ1) is 43.3. The van der Waals surface area contributed by atoms with Crippen molar-refractivity contribution in [3.05, 3.63) is 24.3 Å². The smallest absolute Gasteiger partial charge is 0.220 e. The number of allylic oxidation sites excluding steroid dienone is 3. The number of ether oxygens (including phenoxy) is 6. The van der Waals surface area contributed by atoms with E-state index in [9.17, 15) is 61.0 Å². The molecule has 0 radical (unpaired) electrons. The second-order valence-corrected chi connectivity index (χ2v) is 26.1. The van der Waals surface area contributed by atoms with Crippen LogP contribution in [0.2, 0.25) is 0 Å². The highest BCUT2D eigenvalue weighted by Crippen LogP contribution is 2.33. The van der Waals surface area contributed by atoms with Crippen LogP contribution in [0.1, 0.15) is 284 Å². The van der Waals surface area contributed by atoms with Gasteiger partial charge in [-0.05, 0) is 44.9 Å². The molecule has 0 aromatic rings. The number of unbranched alkanes of at least 4 members (excludes halogenated alkanes) is 38. The Bertz CT molecular complexity index is 1710. The third-order valence-corrected chi connectivity index (χ3v) is 18.2. The van der Waals surface area contributed by atoms with Crippen LogP contribution in [0.3, 0.4) is 0 Å². The molecule has 19 nitrogen and oxygen atoms in total. The lowest BCUT2D eigenvalue weighted by Gasteiger charge is -2.48. The van der Waals surface area contributed by atoms with Crippen molar-refractivity contribution in [3.63, 3.8) is 0 Å². The summed E-state index contributed by atoms with van der Waals surface area (Å²) in [6.07, 6.45) is 33.4. The second kappa shape index (κ2) is 52.5. The second-order valence-electron chi connectivity index (χ2n) is 26.1. The maximum Gasteiger partial charge on any atom is 0.220 e. The van der Waals surface area contributed by atoms with Gasteiger partial charge in [-0.25, -0.2) is 0 Å². The number of aliphatic hydroxyl groups excluding tert-OH is 11. The number of aliphatic hydroxyl groups is 11. The molecule has 3 rings (SSSR count). The van der Waals surface area contributed by atoms with Crippen LogP contribution in [0, 0.1) is 0 Å². The molecule has 0 saturated carbocycles. The van der Waals surface area contributed by atoms with Crippen LogP contribution in [-0.2, 0) is 33.2 Å². The molecule has 3 heterocycles.